The average molecular weight is 291 g/mol. The molecule has 2 rings (SSSR count). The van der Waals surface area contributed by atoms with Crippen LogP contribution in [-0.4, -0.2) is 15.0 Å². The fraction of sp³-hybridized carbons (Fsp3) is 0.200. The molecule has 0 aliphatic heterocycles. The second-order valence-corrected chi connectivity index (χ2v) is 6.19. The number of furan rings is 1. The fourth-order valence-electron chi connectivity index (χ4n) is 1.67. The van der Waals surface area contributed by atoms with Crippen molar-refractivity contribution >= 4 is 16.1 Å². The summed E-state index contributed by atoms with van der Waals surface area (Å²) in [6.07, 6.45) is 5.37. The zero-order valence-corrected chi connectivity index (χ0v) is 12.1. The Morgan fingerprint density at radius 1 is 1.20 bits per heavy atom. The van der Waals surface area contributed by atoms with E-state index < -0.39 is 10.0 Å². The largest absolute Gasteiger partial charge is 0.472 e. The lowest BCUT2D eigenvalue weighted by molar-refractivity contribution is 0.562. The van der Waals surface area contributed by atoms with Gasteiger partial charge in [0.2, 0.25) is 10.0 Å². The Bertz CT molecular complexity index is 656. The highest BCUT2D eigenvalue weighted by atomic mass is 32.2. The quantitative estimate of drug-likeness (QED) is 0.890. The molecule has 0 radical (unpaired) electrons. The Hall–Kier alpha value is -1.85. The monoisotopic (exact) mass is 291 g/mol. The third-order valence-corrected chi connectivity index (χ3v) is 3.91. The van der Waals surface area contributed by atoms with E-state index in [4.69, 9.17) is 4.42 Å². The third kappa shape index (κ3) is 4.68. The van der Waals surface area contributed by atoms with Crippen LogP contribution in [0.5, 0.6) is 0 Å². The van der Waals surface area contributed by atoms with E-state index in [2.05, 4.69) is 4.72 Å². The highest BCUT2D eigenvalue weighted by Crippen LogP contribution is 2.06. The number of sulfonamides is 1. The van der Waals surface area contributed by atoms with Crippen molar-refractivity contribution in [1.82, 2.24) is 4.72 Å². The van der Waals surface area contributed by atoms with Gasteiger partial charge in [0.15, 0.2) is 0 Å². The smallest absolute Gasteiger partial charge is 0.233 e. The number of hydrogen-bond donors (Lipinski definition) is 1. The molecule has 1 N–H and O–H groups in total. The molecule has 0 unspecified atom stereocenters. The molecule has 1 aromatic heterocycles. The molecule has 0 saturated carbocycles. The average Bonchev–Trinajstić information content (AvgIpc) is 2.91. The van der Waals surface area contributed by atoms with Gasteiger partial charge in [0.25, 0.3) is 0 Å². The summed E-state index contributed by atoms with van der Waals surface area (Å²) in [5.74, 6) is 0. The maximum atomic E-state index is 11.8. The second kappa shape index (κ2) is 6.54. The predicted molar refractivity (Wildman–Crippen MR) is 79.5 cm³/mol. The van der Waals surface area contributed by atoms with Crippen molar-refractivity contribution in [2.75, 3.05) is 6.54 Å². The number of nitrogens with one attached hydrogen (secondary N) is 1. The van der Waals surface area contributed by atoms with Crippen LogP contribution in [-0.2, 0) is 16.4 Å². The maximum absolute atomic E-state index is 11.8. The highest BCUT2D eigenvalue weighted by Gasteiger charge is 2.04. The summed E-state index contributed by atoms with van der Waals surface area (Å²) in [5.41, 5.74) is 2.97. The maximum Gasteiger partial charge on any atom is 0.233 e. The first kappa shape index (κ1) is 14.6. The molecule has 4 nitrogen and oxygen atoms in total. The molecule has 0 spiro atoms. The Kier molecular flexibility index (Phi) is 4.76. The molecular formula is C15H17NO3S. The van der Waals surface area contributed by atoms with Crippen LogP contribution >= 0.6 is 0 Å². The van der Waals surface area contributed by atoms with Gasteiger partial charge < -0.3 is 4.42 Å². The van der Waals surface area contributed by atoms with Crippen LogP contribution in [0.3, 0.4) is 0 Å². The van der Waals surface area contributed by atoms with Crippen molar-refractivity contribution in [3.05, 3.63) is 65.0 Å². The molecule has 0 atom stereocenters. The third-order valence-electron chi connectivity index (χ3n) is 2.81. The first-order valence-corrected chi connectivity index (χ1v) is 7.85. The SMILES string of the molecule is Cc1ccc(C=CS(=O)(=O)NCCc2ccoc2)cc1. The van der Waals surface area contributed by atoms with Crippen LogP contribution in [0.25, 0.3) is 6.08 Å². The van der Waals surface area contributed by atoms with E-state index in [0.717, 1.165) is 16.7 Å². The molecule has 0 amide bonds. The number of aryl methyl sites for hydroxylation is 1. The summed E-state index contributed by atoms with van der Waals surface area (Å²) in [4.78, 5) is 0. The van der Waals surface area contributed by atoms with Crippen molar-refractivity contribution in [3.63, 3.8) is 0 Å². The van der Waals surface area contributed by atoms with Crippen molar-refractivity contribution in [1.29, 1.82) is 0 Å². The van der Waals surface area contributed by atoms with E-state index in [0.29, 0.717) is 13.0 Å². The van der Waals surface area contributed by atoms with Gasteiger partial charge in [-0.1, -0.05) is 29.8 Å². The van der Waals surface area contributed by atoms with E-state index in [1.165, 1.54) is 5.41 Å². The summed E-state index contributed by atoms with van der Waals surface area (Å²) in [5, 5.41) is 1.19. The zero-order chi connectivity index (χ0) is 14.4. The van der Waals surface area contributed by atoms with E-state index in [9.17, 15) is 8.42 Å². The van der Waals surface area contributed by atoms with Gasteiger partial charge in [-0.25, -0.2) is 13.1 Å². The van der Waals surface area contributed by atoms with Crippen LogP contribution in [0.15, 0.2) is 52.7 Å². The van der Waals surface area contributed by atoms with E-state index in [1.54, 1.807) is 18.6 Å². The molecule has 106 valence electrons. The van der Waals surface area contributed by atoms with Crippen LogP contribution in [0.2, 0.25) is 0 Å². The Morgan fingerprint density at radius 2 is 1.95 bits per heavy atom. The van der Waals surface area contributed by atoms with Gasteiger partial charge in [0.05, 0.1) is 12.5 Å². The summed E-state index contributed by atoms with van der Waals surface area (Å²) >= 11 is 0. The number of benzene rings is 1. The number of hydrogen-bond acceptors (Lipinski definition) is 3. The summed E-state index contributed by atoms with van der Waals surface area (Å²) in [7, 11) is -3.40. The molecule has 0 fully saturated rings. The molecule has 20 heavy (non-hydrogen) atoms. The minimum absolute atomic E-state index is 0.347. The lowest BCUT2D eigenvalue weighted by Gasteiger charge is -2.01. The van der Waals surface area contributed by atoms with Crippen LogP contribution in [0, 0.1) is 6.92 Å². The Labute approximate surface area is 119 Å². The fourth-order valence-corrected chi connectivity index (χ4v) is 2.49. The number of rotatable bonds is 6. The minimum Gasteiger partial charge on any atom is -0.472 e. The Morgan fingerprint density at radius 3 is 2.60 bits per heavy atom. The van der Waals surface area contributed by atoms with Crippen LogP contribution < -0.4 is 4.72 Å². The van der Waals surface area contributed by atoms with E-state index >= 15 is 0 Å². The molecule has 5 heteroatoms. The van der Waals surface area contributed by atoms with Gasteiger partial charge in [-0.2, -0.15) is 0 Å². The van der Waals surface area contributed by atoms with Gasteiger partial charge >= 0.3 is 0 Å². The minimum atomic E-state index is -3.40. The summed E-state index contributed by atoms with van der Waals surface area (Å²) < 4.78 is 31.0. The normalized spacial score (nSPS) is 12.1. The topological polar surface area (TPSA) is 59.3 Å². The molecule has 0 aliphatic carbocycles. The summed E-state index contributed by atoms with van der Waals surface area (Å²) in [6.45, 7) is 2.34. The van der Waals surface area contributed by atoms with E-state index in [-0.39, 0.29) is 0 Å². The molecule has 1 heterocycles. The lowest BCUT2D eigenvalue weighted by atomic mass is 10.2. The first-order chi connectivity index (χ1) is 9.55. The lowest BCUT2D eigenvalue weighted by Crippen LogP contribution is -2.23. The van der Waals surface area contributed by atoms with Crippen LogP contribution in [0.4, 0.5) is 0 Å². The van der Waals surface area contributed by atoms with Gasteiger partial charge in [-0.15, -0.1) is 0 Å². The highest BCUT2D eigenvalue weighted by molar-refractivity contribution is 7.92. The molecule has 0 aliphatic rings. The molecule has 0 bridgehead atoms. The van der Waals surface area contributed by atoms with Crippen molar-refractivity contribution < 1.29 is 12.8 Å². The van der Waals surface area contributed by atoms with Gasteiger partial charge in [-0.3, -0.25) is 0 Å². The second-order valence-electron chi connectivity index (χ2n) is 4.53. The molecule has 1 aromatic carbocycles. The molecule has 2 aromatic rings. The zero-order valence-electron chi connectivity index (χ0n) is 11.2. The van der Waals surface area contributed by atoms with Gasteiger partial charge in [0, 0.05) is 12.0 Å². The standard InChI is InChI=1S/C15H17NO3S/c1-13-2-4-14(5-3-13)8-11-20(17,18)16-9-6-15-7-10-19-12-15/h2-5,7-8,10-12,16H,6,9H2,1H3. The van der Waals surface area contributed by atoms with Crippen molar-refractivity contribution in [3.8, 4) is 0 Å². The van der Waals surface area contributed by atoms with Gasteiger partial charge in [-0.05, 0) is 36.6 Å². The predicted octanol–water partition coefficient (Wildman–Crippen LogP) is 2.72. The Balaban J connectivity index is 1.88. The van der Waals surface area contributed by atoms with Gasteiger partial charge in [0.1, 0.15) is 0 Å². The molecular weight excluding hydrogens is 274 g/mol. The van der Waals surface area contributed by atoms with Crippen molar-refractivity contribution in [2.24, 2.45) is 0 Å². The van der Waals surface area contributed by atoms with E-state index in [1.807, 2.05) is 37.3 Å². The molecule has 0 saturated heterocycles. The first-order valence-electron chi connectivity index (χ1n) is 6.31. The van der Waals surface area contributed by atoms with Crippen LogP contribution in [0.1, 0.15) is 16.7 Å². The van der Waals surface area contributed by atoms with Crippen molar-refractivity contribution in [2.45, 2.75) is 13.3 Å². The summed E-state index contributed by atoms with van der Waals surface area (Å²) in [6, 6.07) is 9.47.